The van der Waals surface area contributed by atoms with Crippen LogP contribution in [0.2, 0.25) is 0 Å². The first-order valence-corrected chi connectivity index (χ1v) is 8.00. The van der Waals surface area contributed by atoms with Crippen LogP contribution in [0, 0.1) is 6.92 Å². The second-order valence-corrected chi connectivity index (χ2v) is 5.98. The summed E-state index contributed by atoms with van der Waals surface area (Å²) in [7, 11) is 0. The third-order valence-corrected chi connectivity index (χ3v) is 4.16. The Labute approximate surface area is 140 Å². The second-order valence-electron chi connectivity index (χ2n) is 5.98. The summed E-state index contributed by atoms with van der Waals surface area (Å²) in [6.45, 7) is 3.72. The number of aromatic nitrogens is 1. The molecule has 24 heavy (non-hydrogen) atoms. The SMILES string of the molecule is Cc1cc2ccccc2n(CC(=O)NC(C)c2ccccc2)c1=O. The summed E-state index contributed by atoms with van der Waals surface area (Å²) in [5.74, 6) is -0.177. The number of hydrogen-bond acceptors (Lipinski definition) is 2. The van der Waals surface area contributed by atoms with Crippen molar-refractivity contribution in [1.29, 1.82) is 0 Å². The Morgan fingerprint density at radius 2 is 1.75 bits per heavy atom. The van der Waals surface area contributed by atoms with Crippen molar-refractivity contribution < 1.29 is 4.79 Å². The second kappa shape index (κ2) is 6.71. The van der Waals surface area contributed by atoms with Gasteiger partial charge in [-0.1, -0.05) is 48.5 Å². The summed E-state index contributed by atoms with van der Waals surface area (Å²) >= 11 is 0. The maximum absolute atomic E-state index is 12.5. The van der Waals surface area contributed by atoms with Crippen molar-refractivity contribution in [2.24, 2.45) is 0 Å². The Kier molecular flexibility index (Phi) is 4.47. The Morgan fingerprint density at radius 1 is 1.08 bits per heavy atom. The van der Waals surface area contributed by atoms with E-state index in [0.717, 1.165) is 16.5 Å². The molecular formula is C20H20N2O2. The highest BCUT2D eigenvalue weighted by molar-refractivity contribution is 5.82. The zero-order valence-corrected chi connectivity index (χ0v) is 13.8. The topological polar surface area (TPSA) is 51.1 Å². The highest BCUT2D eigenvalue weighted by atomic mass is 16.2. The van der Waals surface area contributed by atoms with Crippen molar-refractivity contribution in [1.82, 2.24) is 9.88 Å². The largest absolute Gasteiger partial charge is 0.348 e. The molecule has 3 aromatic rings. The van der Waals surface area contributed by atoms with Gasteiger partial charge in [-0.15, -0.1) is 0 Å². The highest BCUT2D eigenvalue weighted by Crippen LogP contribution is 2.14. The fourth-order valence-corrected chi connectivity index (χ4v) is 2.89. The van der Waals surface area contributed by atoms with Gasteiger partial charge in [-0.25, -0.2) is 0 Å². The summed E-state index contributed by atoms with van der Waals surface area (Å²) < 4.78 is 1.54. The third-order valence-electron chi connectivity index (χ3n) is 4.16. The number of fused-ring (bicyclic) bond motifs is 1. The summed E-state index contributed by atoms with van der Waals surface area (Å²) in [5.41, 5.74) is 2.32. The van der Waals surface area contributed by atoms with E-state index < -0.39 is 0 Å². The van der Waals surface area contributed by atoms with E-state index in [0.29, 0.717) is 5.56 Å². The van der Waals surface area contributed by atoms with Crippen molar-refractivity contribution in [2.45, 2.75) is 26.4 Å². The van der Waals surface area contributed by atoms with Gasteiger partial charge in [0, 0.05) is 5.56 Å². The van der Waals surface area contributed by atoms with Crippen LogP contribution in [-0.2, 0) is 11.3 Å². The van der Waals surface area contributed by atoms with Crippen LogP contribution in [0.3, 0.4) is 0 Å². The molecule has 2 aromatic carbocycles. The first-order chi connectivity index (χ1) is 11.6. The number of para-hydroxylation sites is 1. The number of nitrogens with one attached hydrogen (secondary N) is 1. The molecule has 1 unspecified atom stereocenters. The molecule has 3 rings (SSSR count). The quantitative estimate of drug-likeness (QED) is 0.802. The van der Waals surface area contributed by atoms with E-state index in [1.165, 1.54) is 4.57 Å². The molecular weight excluding hydrogens is 300 g/mol. The van der Waals surface area contributed by atoms with Gasteiger partial charge in [-0.2, -0.15) is 0 Å². The standard InChI is InChI=1S/C20H20N2O2/c1-14-12-17-10-6-7-11-18(17)22(20(14)24)13-19(23)21-15(2)16-8-4-3-5-9-16/h3-12,15H,13H2,1-2H3,(H,21,23). The van der Waals surface area contributed by atoms with Crippen molar-refractivity contribution in [2.75, 3.05) is 0 Å². The van der Waals surface area contributed by atoms with Gasteiger partial charge in [0.05, 0.1) is 11.6 Å². The number of carbonyl (C=O) groups excluding carboxylic acids is 1. The molecule has 1 amide bonds. The fourth-order valence-electron chi connectivity index (χ4n) is 2.89. The predicted octanol–water partition coefficient (Wildman–Crippen LogP) is 3.19. The molecule has 1 atom stereocenters. The number of amides is 1. The van der Waals surface area contributed by atoms with Gasteiger partial charge in [0.2, 0.25) is 5.91 Å². The van der Waals surface area contributed by atoms with E-state index in [-0.39, 0.29) is 24.1 Å². The third kappa shape index (κ3) is 3.23. The van der Waals surface area contributed by atoms with Crippen LogP contribution in [0.1, 0.15) is 24.1 Å². The zero-order chi connectivity index (χ0) is 17.1. The molecule has 1 aromatic heterocycles. The maximum atomic E-state index is 12.5. The summed E-state index contributed by atoms with van der Waals surface area (Å²) in [6, 6.07) is 19.1. The van der Waals surface area contributed by atoms with Gasteiger partial charge in [0.15, 0.2) is 0 Å². The Hall–Kier alpha value is -2.88. The number of aryl methyl sites for hydroxylation is 1. The zero-order valence-electron chi connectivity index (χ0n) is 13.8. The Morgan fingerprint density at radius 3 is 2.50 bits per heavy atom. The van der Waals surface area contributed by atoms with Gasteiger partial charge in [-0.05, 0) is 36.9 Å². The van der Waals surface area contributed by atoms with Crippen molar-refractivity contribution in [3.8, 4) is 0 Å². The highest BCUT2D eigenvalue weighted by Gasteiger charge is 2.13. The van der Waals surface area contributed by atoms with Crippen LogP contribution in [-0.4, -0.2) is 10.5 Å². The Bertz CT molecular complexity index is 929. The van der Waals surface area contributed by atoms with Crippen LogP contribution in [0.5, 0.6) is 0 Å². The minimum absolute atomic E-state index is 0.0121. The smallest absolute Gasteiger partial charge is 0.254 e. The predicted molar refractivity (Wildman–Crippen MR) is 95.9 cm³/mol. The molecule has 0 saturated carbocycles. The first-order valence-electron chi connectivity index (χ1n) is 8.00. The molecule has 1 heterocycles. The minimum atomic E-state index is -0.177. The molecule has 0 aliphatic carbocycles. The van der Waals surface area contributed by atoms with E-state index in [2.05, 4.69) is 5.32 Å². The van der Waals surface area contributed by atoms with E-state index in [1.54, 1.807) is 6.92 Å². The average Bonchev–Trinajstić information content (AvgIpc) is 2.59. The van der Waals surface area contributed by atoms with Crippen LogP contribution in [0.15, 0.2) is 65.5 Å². The van der Waals surface area contributed by atoms with Crippen LogP contribution in [0.25, 0.3) is 10.9 Å². The van der Waals surface area contributed by atoms with Crippen LogP contribution < -0.4 is 10.9 Å². The molecule has 0 aliphatic heterocycles. The molecule has 0 spiro atoms. The molecule has 0 fully saturated rings. The van der Waals surface area contributed by atoms with E-state index in [9.17, 15) is 9.59 Å². The van der Waals surface area contributed by atoms with Gasteiger partial charge >= 0.3 is 0 Å². The van der Waals surface area contributed by atoms with Crippen LogP contribution >= 0.6 is 0 Å². The minimum Gasteiger partial charge on any atom is -0.348 e. The fraction of sp³-hybridized carbons (Fsp3) is 0.200. The number of benzene rings is 2. The van der Waals surface area contributed by atoms with Crippen molar-refractivity contribution in [3.63, 3.8) is 0 Å². The van der Waals surface area contributed by atoms with E-state index in [1.807, 2.05) is 67.6 Å². The lowest BCUT2D eigenvalue weighted by atomic mass is 10.1. The number of hydrogen-bond donors (Lipinski definition) is 1. The summed E-state index contributed by atoms with van der Waals surface area (Å²) in [5, 5.41) is 3.91. The van der Waals surface area contributed by atoms with Gasteiger partial charge in [-0.3, -0.25) is 14.2 Å². The van der Waals surface area contributed by atoms with Gasteiger partial charge in [0.25, 0.3) is 5.56 Å². The summed E-state index contributed by atoms with van der Waals surface area (Å²) in [6.07, 6.45) is 0. The molecule has 0 radical (unpaired) electrons. The van der Waals surface area contributed by atoms with Crippen molar-refractivity contribution >= 4 is 16.8 Å². The molecule has 4 heteroatoms. The van der Waals surface area contributed by atoms with Crippen molar-refractivity contribution in [3.05, 3.63) is 82.1 Å². The lowest BCUT2D eigenvalue weighted by Crippen LogP contribution is -2.34. The number of carbonyl (C=O) groups is 1. The molecule has 1 N–H and O–H groups in total. The molecule has 0 saturated heterocycles. The molecule has 4 nitrogen and oxygen atoms in total. The number of pyridine rings is 1. The molecule has 0 bridgehead atoms. The first kappa shape index (κ1) is 16.0. The van der Waals surface area contributed by atoms with Gasteiger partial charge < -0.3 is 5.32 Å². The lowest BCUT2D eigenvalue weighted by Gasteiger charge is -2.16. The van der Waals surface area contributed by atoms with Crippen LogP contribution in [0.4, 0.5) is 0 Å². The molecule has 122 valence electrons. The Balaban J connectivity index is 1.86. The maximum Gasteiger partial charge on any atom is 0.254 e. The molecule has 0 aliphatic rings. The summed E-state index contributed by atoms with van der Waals surface area (Å²) in [4.78, 5) is 24.9. The van der Waals surface area contributed by atoms with E-state index >= 15 is 0 Å². The normalized spacial score (nSPS) is 12.1. The number of nitrogens with zero attached hydrogens (tertiary/aromatic N) is 1. The monoisotopic (exact) mass is 320 g/mol. The van der Waals surface area contributed by atoms with E-state index in [4.69, 9.17) is 0 Å². The number of rotatable bonds is 4. The average molecular weight is 320 g/mol. The van der Waals surface area contributed by atoms with Gasteiger partial charge in [0.1, 0.15) is 6.54 Å². The lowest BCUT2D eigenvalue weighted by molar-refractivity contribution is -0.122.